The molecule has 1 heterocycles. The van der Waals surface area contributed by atoms with Crippen molar-refractivity contribution in [3.63, 3.8) is 0 Å². The number of aliphatic hydroxyl groups excluding tert-OH is 1. The van der Waals surface area contributed by atoms with E-state index in [1.807, 2.05) is 13.8 Å². The lowest BCUT2D eigenvalue weighted by Gasteiger charge is -2.31. The molecule has 0 aromatic carbocycles. The highest BCUT2D eigenvalue weighted by Crippen LogP contribution is 2.20. The zero-order valence-corrected chi connectivity index (χ0v) is 13.5. The van der Waals surface area contributed by atoms with E-state index in [4.69, 9.17) is 10.5 Å². The largest absolute Gasteiger partial charge is 0.376 e. The van der Waals surface area contributed by atoms with Crippen LogP contribution in [0.25, 0.3) is 0 Å². The van der Waals surface area contributed by atoms with Crippen molar-refractivity contribution in [3.05, 3.63) is 0 Å². The number of hydrogen-bond acceptors (Lipinski definition) is 6. The molecule has 3 atom stereocenters. The number of rotatable bonds is 10. The van der Waals surface area contributed by atoms with Crippen molar-refractivity contribution in [2.45, 2.75) is 51.4 Å². The van der Waals surface area contributed by atoms with Gasteiger partial charge in [0, 0.05) is 13.1 Å². The van der Waals surface area contributed by atoms with Crippen LogP contribution in [-0.2, 0) is 14.3 Å². The fraction of sp³-hybridized carbons (Fsp3) is 0.867. The van der Waals surface area contributed by atoms with Gasteiger partial charge < -0.3 is 25.3 Å². The van der Waals surface area contributed by atoms with Gasteiger partial charge in [-0.3, -0.25) is 10.1 Å². The van der Waals surface area contributed by atoms with Gasteiger partial charge in [0.25, 0.3) is 0 Å². The molecule has 1 unspecified atom stereocenters. The Hall–Kier alpha value is -1.02. The summed E-state index contributed by atoms with van der Waals surface area (Å²) in [5, 5.41) is 13.3. The zero-order chi connectivity index (χ0) is 16.5. The first-order chi connectivity index (χ1) is 10.5. The topological polar surface area (TPSA) is 105 Å². The van der Waals surface area contributed by atoms with Gasteiger partial charge in [0.1, 0.15) is 19.1 Å². The number of nitrogens with zero attached hydrogens (tertiary/aromatic N) is 1. The Morgan fingerprint density at radius 1 is 1.55 bits per heavy atom. The molecule has 128 valence electrons. The molecule has 0 aromatic heterocycles. The van der Waals surface area contributed by atoms with Crippen LogP contribution in [0.2, 0.25) is 0 Å². The van der Waals surface area contributed by atoms with Crippen LogP contribution in [0.4, 0.5) is 0 Å². The molecule has 4 N–H and O–H groups in total. The maximum Gasteiger partial charge on any atom is 0.248 e. The molecule has 0 aliphatic carbocycles. The second kappa shape index (κ2) is 9.89. The lowest BCUT2D eigenvalue weighted by atomic mass is 10.0. The van der Waals surface area contributed by atoms with Gasteiger partial charge in [0.05, 0.1) is 18.7 Å². The summed E-state index contributed by atoms with van der Waals surface area (Å²) in [6.07, 6.45) is 2.11. The Balaban J connectivity index is 2.53. The van der Waals surface area contributed by atoms with Crippen molar-refractivity contribution in [2.75, 3.05) is 26.3 Å². The maximum atomic E-state index is 12.1. The summed E-state index contributed by atoms with van der Waals surface area (Å²) in [5.74, 6) is 0.198. The van der Waals surface area contributed by atoms with E-state index in [1.165, 1.54) is 0 Å². The molecule has 1 aliphatic rings. The van der Waals surface area contributed by atoms with E-state index in [9.17, 15) is 14.7 Å². The van der Waals surface area contributed by atoms with Gasteiger partial charge in [-0.25, -0.2) is 0 Å². The molecule has 1 saturated heterocycles. The highest BCUT2D eigenvalue weighted by Gasteiger charge is 2.34. The molecule has 1 rings (SSSR count). The van der Waals surface area contributed by atoms with E-state index in [0.717, 1.165) is 12.7 Å². The van der Waals surface area contributed by atoms with Crippen LogP contribution in [0.3, 0.4) is 0 Å². The third-order valence-corrected chi connectivity index (χ3v) is 3.75. The fourth-order valence-electron chi connectivity index (χ4n) is 2.76. The Kier molecular flexibility index (Phi) is 8.55. The fourth-order valence-corrected chi connectivity index (χ4v) is 2.76. The van der Waals surface area contributed by atoms with Gasteiger partial charge >= 0.3 is 0 Å². The second-order valence-electron chi connectivity index (χ2n) is 6.12. The average molecular weight is 315 g/mol. The van der Waals surface area contributed by atoms with Crippen molar-refractivity contribution in [1.82, 2.24) is 10.2 Å². The molecule has 0 spiro atoms. The van der Waals surface area contributed by atoms with Crippen molar-refractivity contribution in [3.8, 4) is 0 Å². The lowest BCUT2D eigenvalue weighted by Crippen LogP contribution is -2.53. The van der Waals surface area contributed by atoms with E-state index in [-0.39, 0.29) is 18.6 Å². The average Bonchev–Trinajstić information content (AvgIpc) is 2.95. The first kappa shape index (κ1) is 19.0. The number of carbonyl (C=O) groups is 2. The van der Waals surface area contributed by atoms with Crippen molar-refractivity contribution >= 4 is 12.2 Å². The summed E-state index contributed by atoms with van der Waals surface area (Å²) in [4.78, 5) is 24.8. The molecule has 0 radical (unpaired) electrons. The molecule has 1 amide bonds. The van der Waals surface area contributed by atoms with Crippen LogP contribution in [-0.4, -0.2) is 66.8 Å². The lowest BCUT2D eigenvalue weighted by molar-refractivity contribution is -0.139. The van der Waals surface area contributed by atoms with Crippen molar-refractivity contribution in [2.24, 2.45) is 11.7 Å². The van der Waals surface area contributed by atoms with Crippen LogP contribution in [0.5, 0.6) is 0 Å². The smallest absolute Gasteiger partial charge is 0.248 e. The summed E-state index contributed by atoms with van der Waals surface area (Å²) in [5.41, 5.74) is 5.32. The molecule has 0 bridgehead atoms. The number of nitrogens with one attached hydrogen (secondary N) is 1. The predicted molar refractivity (Wildman–Crippen MR) is 83.1 cm³/mol. The van der Waals surface area contributed by atoms with E-state index < -0.39 is 12.3 Å². The Labute approximate surface area is 132 Å². The number of amides is 1. The van der Waals surface area contributed by atoms with Crippen molar-refractivity contribution < 1.29 is 19.4 Å². The van der Waals surface area contributed by atoms with Gasteiger partial charge in [-0.1, -0.05) is 13.8 Å². The van der Waals surface area contributed by atoms with Crippen LogP contribution >= 0.6 is 0 Å². The second-order valence-corrected chi connectivity index (χ2v) is 6.12. The summed E-state index contributed by atoms with van der Waals surface area (Å²) in [6, 6.07) is -0.718. The number of aliphatic hydroxyl groups is 1. The Morgan fingerprint density at radius 3 is 2.86 bits per heavy atom. The minimum absolute atomic E-state index is 0.0243. The van der Waals surface area contributed by atoms with Crippen LogP contribution in [0.15, 0.2) is 0 Å². The van der Waals surface area contributed by atoms with Gasteiger partial charge in [0.2, 0.25) is 5.91 Å². The number of ether oxygens (including phenoxy) is 1. The van der Waals surface area contributed by atoms with Crippen LogP contribution < -0.4 is 11.1 Å². The Bertz CT molecular complexity index is 352. The molecule has 7 heteroatoms. The molecule has 0 saturated carbocycles. The maximum absolute atomic E-state index is 12.1. The van der Waals surface area contributed by atoms with Crippen LogP contribution in [0, 0.1) is 5.92 Å². The molecule has 0 aromatic rings. The Morgan fingerprint density at radius 2 is 2.27 bits per heavy atom. The van der Waals surface area contributed by atoms with Gasteiger partial charge in [0.15, 0.2) is 0 Å². The van der Waals surface area contributed by atoms with E-state index in [0.29, 0.717) is 38.5 Å². The molecule has 7 nitrogen and oxygen atoms in total. The SMILES string of the molecule is CC(C)C[C@@H](C=O)NC(O)[C@@H]1CCCN1C(=O)COCCN. The summed E-state index contributed by atoms with van der Waals surface area (Å²) in [7, 11) is 0. The molecule has 1 fully saturated rings. The third-order valence-electron chi connectivity index (χ3n) is 3.75. The van der Waals surface area contributed by atoms with E-state index >= 15 is 0 Å². The number of aldehydes is 1. The highest BCUT2D eigenvalue weighted by molar-refractivity contribution is 5.78. The molecular weight excluding hydrogens is 286 g/mol. The van der Waals surface area contributed by atoms with Gasteiger partial charge in [-0.2, -0.15) is 0 Å². The first-order valence-electron chi connectivity index (χ1n) is 7.96. The standard InChI is InChI=1S/C15H29N3O4/c1-11(2)8-12(9-19)17-15(21)13-4-3-6-18(13)14(20)10-22-7-5-16/h9,11-13,15,17,21H,3-8,10,16H2,1-2H3/t12-,13-,15?/m0/s1. The first-order valence-corrected chi connectivity index (χ1v) is 7.96. The molecule has 22 heavy (non-hydrogen) atoms. The van der Waals surface area contributed by atoms with Crippen molar-refractivity contribution in [1.29, 1.82) is 0 Å². The van der Waals surface area contributed by atoms with Crippen LogP contribution in [0.1, 0.15) is 33.1 Å². The minimum Gasteiger partial charge on any atom is -0.376 e. The number of hydrogen-bond donors (Lipinski definition) is 3. The normalized spacial score (nSPS) is 21.1. The van der Waals surface area contributed by atoms with E-state index in [2.05, 4.69) is 5.32 Å². The molecular formula is C15H29N3O4. The minimum atomic E-state index is -0.907. The molecule has 1 aliphatic heterocycles. The predicted octanol–water partition coefficient (Wildman–Crippen LogP) is -0.526. The van der Waals surface area contributed by atoms with E-state index in [1.54, 1.807) is 4.90 Å². The third kappa shape index (κ3) is 6.00. The number of carbonyl (C=O) groups excluding carboxylic acids is 2. The highest BCUT2D eigenvalue weighted by atomic mass is 16.5. The number of likely N-dealkylation sites (tertiary alicyclic amines) is 1. The number of nitrogens with two attached hydrogens (primary N) is 1. The van der Waals surface area contributed by atoms with Gasteiger partial charge in [-0.05, 0) is 25.2 Å². The summed E-state index contributed by atoms with van der Waals surface area (Å²) < 4.78 is 5.17. The van der Waals surface area contributed by atoms with Gasteiger partial charge in [-0.15, -0.1) is 0 Å². The summed E-state index contributed by atoms with van der Waals surface area (Å²) >= 11 is 0. The monoisotopic (exact) mass is 315 g/mol. The zero-order valence-electron chi connectivity index (χ0n) is 13.5. The summed E-state index contributed by atoms with van der Waals surface area (Å²) in [6.45, 7) is 5.33. The quantitative estimate of drug-likeness (QED) is 0.284.